The highest BCUT2D eigenvalue weighted by molar-refractivity contribution is 7.47. The van der Waals surface area contributed by atoms with E-state index in [1.54, 1.807) is 0 Å². The minimum atomic E-state index is -5.81. The zero-order valence-corrected chi connectivity index (χ0v) is 75.3. The van der Waals surface area contributed by atoms with Crippen LogP contribution in [0.25, 0.3) is 0 Å². The minimum Gasteiger partial charge on any atom is -0.463 e. The van der Waals surface area contributed by atoms with Crippen LogP contribution in [0, 0.1) is 0 Å². The molecule has 0 bridgehead atoms. The highest BCUT2D eigenvalue weighted by Gasteiger charge is 2.60. The summed E-state index contributed by atoms with van der Waals surface area (Å²) in [6.07, 6.45) is 33.0. The Kier molecular flexibility index (Phi) is 66.7. The molecule has 0 aromatic rings. The van der Waals surface area contributed by atoms with Gasteiger partial charge >= 0.3 is 31.7 Å². The summed E-state index contributed by atoms with van der Waals surface area (Å²) in [4.78, 5) is 66.5. The summed E-state index contributed by atoms with van der Waals surface area (Å²) < 4.78 is 73.5. The van der Waals surface area contributed by atoms with Crippen molar-refractivity contribution in [2.24, 2.45) is 0 Å². The standard InChI is InChI=1S/C93H171O25P/c1-5-9-13-17-21-25-29-33-36-39-42-46-49-53-57-61-65-76(95)109-70-73(112-78(97)67-63-59-55-51-47-43-38-35-31-27-23-19-15-11-7-3)71-111-119(107,108)118-91-89(116-92-86(105)82(101)80(99)74(69-94)113-92)85(104)84(103)88(115-79(98)68-64-60-56-52-48-44-40-37-34-30-26-22-18-14-10-6-2)90(91)117-93-87(106)83(102)81(100)75(114-93)72-110-77(96)66-62-58-54-50-45-41-32-28-24-20-16-12-8-4/h27,31,41,45,73-75,80-94,99-106H,5-26,28-30,32-40,42-44,46-72H2,1-4H3,(H,107,108)/b31-27-,45-41-. The molecule has 25 nitrogen and oxygen atoms in total. The highest BCUT2D eigenvalue weighted by Crippen LogP contribution is 2.49. The van der Waals surface area contributed by atoms with Gasteiger partial charge in [-0.15, -0.1) is 0 Å². The molecule has 10 N–H and O–H groups in total. The van der Waals surface area contributed by atoms with Gasteiger partial charge in [0, 0.05) is 25.7 Å². The molecule has 119 heavy (non-hydrogen) atoms. The average molecular weight is 1720 g/mol. The number of rotatable bonds is 78. The number of carbonyl (C=O) groups excluding carboxylic acids is 4. The predicted octanol–water partition coefficient (Wildman–Crippen LogP) is 18.1. The summed E-state index contributed by atoms with van der Waals surface area (Å²) in [6, 6.07) is 0. The summed E-state index contributed by atoms with van der Waals surface area (Å²) >= 11 is 0. The second kappa shape index (κ2) is 72.0. The summed E-state index contributed by atoms with van der Waals surface area (Å²) in [7, 11) is -5.81. The molecule has 3 rings (SSSR count). The van der Waals surface area contributed by atoms with E-state index in [2.05, 4.69) is 52.0 Å². The number of hydrogen-bond acceptors (Lipinski definition) is 24. The van der Waals surface area contributed by atoms with Crippen LogP contribution in [0.3, 0.4) is 0 Å². The smallest absolute Gasteiger partial charge is 0.463 e. The molecule has 18 unspecified atom stereocenters. The monoisotopic (exact) mass is 1720 g/mol. The molecule has 26 heteroatoms. The van der Waals surface area contributed by atoms with Crippen molar-refractivity contribution in [1.82, 2.24) is 0 Å². The van der Waals surface area contributed by atoms with Gasteiger partial charge in [0.2, 0.25) is 0 Å². The molecule has 0 radical (unpaired) electrons. The lowest BCUT2D eigenvalue weighted by Crippen LogP contribution is -2.70. The van der Waals surface area contributed by atoms with Gasteiger partial charge in [0.15, 0.2) is 24.8 Å². The summed E-state index contributed by atoms with van der Waals surface area (Å²) in [5.74, 6) is -2.98. The Bertz CT molecular complexity index is 2570. The van der Waals surface area contributed by atoms with Gasteiger partial charge in [-0.2, -0.15) is 0 Å². The van der Waals surface area contributed by atoms with Gasteiger partial charge in [0.1, 0.15) is 92.6 Å². The van der Waals surface area contributed by atoms with Crippen molar-refractivity contribution >= 4 is 31.7 Å². The molecule has 1 saturated carbocycles. The molecule has 2 heterocycles. The first-order valence-electron chi connectivity index (χ1n) is 48.1. The van der Waals surface area contributed by atoms with E-state index in [4.69, 9.17) is 46.9 Å². The van der Waals surface area contributed by atoms with Crippen LogP contribution in [0.5, 0.6) is 0 Å². The normalized spacial score (nSPS) is 24.9. The number of phosphoric acid groups is 1. The average Bonchev–Trinajstić information content (AvgIpc) is 0.754. The lowest BCUT2D eigenvalue weighted by Gasteiger charge is -2.50. The quantitative estimate of drug-likeness (QED) is 0.00889. The van der Waals surface area contributed by atoms with Gasteiger partial charge < -0.3 is 88.7 Å². The van der Waals surface area contributed by atoms with Crippen molar-refractivity contribution < 1.29 is 122 Å². The summed E-state index contributed by atoms with van der Waals surface area (Å²) in [6.45, 7) is 5.59. The number of allylic oxidation sites excluding steroid dienone is 4. The molecule has 698 valence electrons. The number of unbranched alkanes of at least 4 members (excludes halogenated alkanes) is 50. The lowest BCUT2D eigenvalue weighted by atomic mass is 9.84. The molecule has 18 atom stereocenters. The second-order valence-electron chi connectivity index (χ2n) is 34.2. The van der Waals surface area contributed by atoms with Crippen LogP contribution in [0.1, 0.15) is 413 Å². The largest absolute Gasteiger partial charge is 0.472 e. The first kappa shape index (κ1) is 110. The number of aliphatic hydroxyl groups is 9. The van der Waals surface area contributed by atoms with E-state index in [1.807, 2.05) is 0 Å². The van der Waals surface area contributed by atoms with Crippen LogP contribution in [0.15, 0.2) is 24.3 Å². The van der Waals surface area contributed by atoms with E-state index >= 15 is 0 Å². The molecule has 0 aromatic heterocycles. The lowest BCUT2D eigenvalue weighted by molar-refractivity contribution is -0.360. The summed E-state index contributed by atoms with van der Waals surface area (Å²) in [5.41, 5.74) is 0. The van der Waals surface area contributed by atoms with Crippen molar-refractivity contribution in [1.29, 1.82) is 0 Å². The van der Waals surface area contributed by atoms with Crippen molar-refractivity contribution in [3.05, 3.63) is 24.3 Å². The topological polar surface area (TPSA) is 380 Å². The Morgan fingerprint density at radius 1 is 0.328 bits per heavy atom. The minimum absolute atomic E-state index is 0.00547. The Morgan fingerprint density at radius 3 is 1.02 bits per heavy atom. The maximum Gasteiger partial charge on any atom is 0.472 e. The SMILES string of the molecule is CCCCCC/C=C\CCCCCCCCCC(=O)OC(COC(=O)CCCCCCCCCCCCCCCCCC)COP(=O)(O)OC1C(OC2OC(CO)C(O)C(O)C2O)C(O)C(O)C(OC(=O)CCCCCCCCCCCCCCCCCC)C1OC1OC(COC(=O)CCCCC/C=C\CCCCCCCC)C(O)C(O)C1O. The second-order valence-corrected chi connectivity index (χ2v) is 35.6. The molecule has 2 aliphatic heterocycles. The van der Waals surface area contributed by atoms with Gasteiger partial charge in [-0.3, -0.25) is 28.2 Å². The third kappa shape index (κ3) is 52.0. The molecular formula is C93H171O25P. The van der Waals surface area contributed by atoms with Crippen LogP contribution >= 0.6 is 7.82 Å². The zero-order chi connectivity index (χ0) is 86.8. The molecule has 0 spiro atoms. The van der Waals surface area contributed by atoms with Gasteiger partial charge in [0.25, 0.3) is 0 Å². The fraction of sp³-hybridized carbons (Fsp3) is 0.914. The number of carbonyl (C=O) groups is 4. The summed E-state index contributed by atoms with van der Waals surface area (Å²) in [5, 5.41) is 102. The number of aliphatic hydroxyl groups excluding tert-OH is 9. The molecule has 1 aliphatic carbocycles. The van der Waals surface area contributed by atoms with Gasteiger partial charge in [0.05, 0.1) is 13.2 Å². The molecule has 0 amide bonds. The van der Waals surface area contributed by atoms with Crippen LogP contribution in [-0.4, -0.2) is 205 Å². The highest BCUT2D eigenvalue weighted by atomic mass is 31.2. The number of ether oxygens (including phenoxy) is 8. The van der Waals surface area contributed by atoms with E-state index in [0.29, 0.717) is 44.9 Å². The number of phosphoric ester groups is 1. The van der Waals surface area contributed by atoms with Gasteiger partial charge in [-0.1, -0.05) is 335 Å². The van der Waals surface area contributed by atoms with Crippen molar-refractivity contribution in [2.75, 3.05) is 26.4 Å². The van der Waals surface area contributed by atoms with Gasteiger partial charge in [-0.25, -0.2) is 4.57 Å². The van der Waals surface area contributed by atoms with E-state index < -0.39 is 162 Å². The van der Waals surface area contributed by atoms with Crippen LogP contribution < -0.4 is 0 Å². The molecule has 0 aromatic carbocycles. The third-order valence-electron chi connectivity index (χ3n) is 23.4. The maximum absolute atomic E-state index is 14.9. The van der Waals surface area contributed by atoms with Crippen LogP contribution in [0.4, 0.5) is 0 Å². The van der Waals surface area contributed by atoms with Gasteiger partial charge in [-0.05, 0) is 77.0 Å². The van der Waals surface area contributed by atoms with E-state index in [9.17, 15) is 74.6 Å². The predicted molar refractivity (Wildman–Crippen MR) is 463 cm³/mol. The first-order valence-corrected chi connectivity index (χ1v) is 49.6. The maximum atomic E-state index is 14.9. The molecule has 2 saturated heterocycles. The Morgan fingerprint density at radius 2 is 0.630 bits per heavy atom. The van der Waals surface area contributed by atoms with E-state index in [0.717, 1.165) is 135 Å². The molecule has 3 aliphatic rings. The fourth-order valence-corrected chi connectivity index (χ4v) is 16.7. The van der Waals surface area contributed by atoms with E-state index in [1.165, 1.54) is 180 Å². The first-order chi connectivity index (χ1) is 57.7. The van der Waals surface area contributed by atoms with Crippen molar-refractivity contribution in [3.8, 4) is 0 Å². The fourth-order valence-electron chi connectivity index (χ4n) is 15.8. The van der Waals surface area contributed by atoms with Crippen LogP contribution in [0.2, 0.25) is 0 Å². The van der Waals surface area contributed by atoms with Crippen molar-refractivity contribution in [3.63, 3.8) is 0 Å². The molecular weight excluding hydrogens is 1550 g/mol. The van der Waals surface area contributed by atoms with Crippen molar-refractivity contribution in [2.45, 2.75) is 517 Å². The zero-order valence-electron chi connectivity index (χ0n) is 74.4. The van der Waals surface area contributed by atoms with E-state index in [-0.39, 0.29) is 25.7 Å². The molecule has 3 fully saturated rings. The Labute approximate surface area is 717 Å². The Hall–Kier alpha value is -3.05. The third-order valence-corrected chi connectivity index (χ3v) is 24.4. The van der Waals surface area contributed by atoms with Crippen LogP contribution in [-0.2, 0) is 70.7 Å². The number of hydrogen-bond donors (Lipinski definition) is 10. The number of esters is 4. The Balaban J connectivity index is 1.91.